The van der Waals surface area contributed by atoms with Gasteiger partial charge in [-0.3, -0.25) is 4.79 Å². The van der Waals surface area contributed by atoms with Gasteiger partial charge in [-0.15, -0.1) is 12.3 Å². The molecule has 1 unspecified atom stereocenters. The highest BCUT2D eigenvalue weighted by Crippen LogP contribution is 2.18. The van der Waals surface area contributed by atoms with E-state index in [2.05, 4.69) is 5.92 Å². The van der Waals surface area contributed by atoms with E-state index in [1.54, 1.807) is 0 Å². The summed E-state index contributed by atoms with van der Waals surface area (Å²) in [6, 6.07) is 1.22. The van der Waals surface area contributed by atoms with E-state index in [9.17, 15) is 13.6 Å². The van der Waals surface area contributed by atoms with Crippen LogP contribution in [0.25, 0.3) is 0 Å². The SMILES string of the molecule is C#CCC(N)C(=O)c1c(F)ccc(C)c1F. The summed E-state index contributed by atoms with van der Waals surface area (Å²) in [5, 5.41) is 0. The van der Waals surface area contributed by atoms with Gasteiger partial charge in [0.25, 0.3) is 0 Å². The van der Waals surface area contributed by atoms with Crippen LogP contribution in [0.5, 0.6) is 0 Å². The van der Waals surface area contributed by atoms with Crippen molar-refractivity contribution in [2.75, 3.05) is 0 Å². The smallest absolute Gasteiger partial charge is 0.186 e. The van der Waals surface area contributed by atoms with Gasteiger partial charge in [-0.1, -0.05) is 6.07 Å². The van der Waals surface area contributed by atoms with Gasteiger partial charge in [0.2, 0.25) is 0 Å². The molecule has 0 spiro atoms. The van der Waals surface area contributed by atoms with Crippen molar-refractivity contribution in [1.82, 2.24) is 0 Å². The molecule has 16 heavy (non-hydrogen) atoms. The predicted octanol–water partition coefficient (Wildman–Crippen LogP) is 1.81. The van der Waals surface area contributed by atoms with Crippen LogP contribution in [0.3, 0.4) is 0 Å². The maximum Gasteiger partial charge on any atom is 0.186 e. The fourth-order valence-electron chi connectivity index (χ4n) is 1.29. The Morgan fingerprint density at radius 2 is 2.19 bits per heavy atom. The molecule has 0 aliphatic carbocycles. The van der Waals surface area contributed by atoms with E-state index in [-0.39, 0.29) is 12.0 Å². The molecule has 2 nitrogen and oxygen atoms in total. The monoisotopic (exact) mass is 223 g/mol. The minimum atomic E-state index is -1.07. The fraction of sp³-hybridized carbons (Fsp3) is 0.250. The summed E-state index contributed by atoms with van der Waals surface area (Å²) in [4.78, 5) is 11.6. The topological polar surface area (TPSA) is 43.1 Å². The number of carbonyl (C=O) groups excluding carboxylic acids is 1. The van der Waals surface area contributed by atoms with Crippen molar-refractivity contribution in [3.63, 3.8) is 0 Å². The largest absolute Gasteiger partial charge is 0.320 e. The van der Waals surface area contributed by atoms with E-state index in [0.717, 1.165) is 6.07 Å². The van der Waals surface area contributed by atoms with Crippen molar-refractivity contribution >= 4 is 5.78 Å². The maximum atomic E-state index is 13.5. The molecule has 1 aromatic carbocycles. The zero-order valence-corrected chi connectivity index (χ0v) is 8.76. The zero-order chi connectivity index (χ0) is 12.3. The van der Waals surface area contributed by atoms with Gasteiger partial charge in [0.15, 0.2) is 5.78 Å². The molecule has 0 amide bonds. The van der Waals surface area contributed by atoms with Gasteiger partial charge in [-0.05, 0) is 18.6 Å². The summed E-state index contributed by atoms with van der Waals surface area (Å²) in [6.45, 7) is 1.44. The van der Waals surface area contributed by atoms with Crippen molar-refractivity contribution in [2.45, 2.75) is 19.4 Å². The maximum absolute atomic E-state index is 13.5. The third-order valence-electron chi connectivity index (χ3n) is 2.21. The first-order chi connectivity index (χ1) is 7.49. The van der Waals surface area contributed by atoms with E-state index < -0.39 is 29.0 Å². The molecule has 0 saturated heterocycles. The summed E-state index contributed by atoms with van der Waals surface area (Å²) in [6.07, 6.45) is 4.93. The van der Waals surface area contributed by atoms with Crippen LogP contribution in [0.1, 0.15) is 22.3 Å². The van der Waals surface area contributed by atoms with Gasteiger partial charge in [-0.2, -0.15) is 0 Å². The predicted molar refractivity (Wildman–Crippen MR) is 56.9 cm³/mol. The number of carbonyl (C=O) groups is 1. The standard InChI is InChI=1S/C12H11F2NO/c1-3-4-9(15)12(16)10-8(13)6-5-7(2)11(10)14/h1,5-6,9H,4,15H2,2H3. The lowest BCUT2D eigenvalue weighted by molar-refractivity contribution is 0.0954. The van der Waals surface area contributed by atoms with Crippen molar-refractivity contribution in [3.05, 3.63) is 34.9 Å². The normalized spacial score (nSPS) is 11.9. The van der Waals surface area contributed by atoms with Crippen molar-refractivity contribution in [2.24, 2.45) is 5.73 Å². The van der Waals surface area contributed by atoms with E-state index in [1.165, 1.54) is 13.0 Å². The molecular formula is C12H11F2NO. The number of benzene rings is 1. The van der Waals surface area contributed by atoms with Crippen LogP contribution < -0.4 is 5.73 Å². The van der Waals surface area contributed by atoms with Gasteiger partial charge in [0, 0.05) is 6.42 Å². The summed E-state index contributed by atoms with van der Waals surface area (Å²) in [5.74, 6) is -0.421. The number of halogens is 2. The van der Waals surface area contributed by atoms with Gasteiger partial charge < -0.3 is 5.73 Å². The number of terminal acetylenes is 1. The fourth-order valence-corrected chi connectivity index (χ4v) is 1.29. The van der Waals surface area contributed by atoms with Gasteiger partial charge in [0.05, 0.1) is 11.6 Å². The Kier molecular flexibility index (Phi) is 3.75. The van der Waals surface area contributed by atoms with Crippen LogP contribution in [-0.4, -0.2) is 11.8 Å². The second-order valence-corrected chi connectivity index (χ2v) is 3.43. The molecule has 0 saturated carbocycles. The summed E-state index contributed by atoms with van der Waals surface area (Å²) < 4.78 is 26.9. The summed E-state index contributed by atoms with van der Waals surface area (Å²) >= 11 is 0. The lowest BCUT2D eigenvalue weighted by atomic mass is 9.99. The van der Waals surface area contributed by atoms with Crippen LogP contribution in [0, 0.1) is 30.9 Å². The van der Waals surface area contributed by atoms with Gasteiger partial charge >= 0.3 is 0 Å². The third kappa shape index (κ3) is 2.26. The molecule has 0 fully saturated rings. The first-order valence-electron chi connectivity index (χ1n) is 4.67. The number of aryl methyl sites for hydroxylation is 1. The highest BCUT2D eigenvalue weighted by Gasteiger charge is 2.23. The quantitative estimate of drug-likeness (QED) is 0.627. The van der Waals surface area contributed by atoms with E-state index >= 15 is 0 Å². The molecule has 1 atom stereocenters. The summed E-state index contributed by atoms with van der Waals surface area (Å²) in [7, 11) is 0. The Morgan fingerprint density at radius 3 is 2.75 bits per heavy atom. The van der Waals surface area contributed by atoms with Gasteiger partial charge in [0.1, 0.15) is 11.6 Å². The first kappa shape index (κ1) is 12.3. The molecule has 2 N–H and O–H groups in total. The van der Waals surface area contributed by atoms with Crippen LogP contribution in [0.15, 0.2) is 12.1 Å². The molecule has 0 aliphatic rings. The second-order valence-electron chi connectivity index (χ2n) is 3.43. The molecular weight excluding hydrogens is 212 g/mol. The molecule has 0 aromatic heterocycles. The molecule has 0 bridgehead atoms. The first-order valence-corrected chi connectivity index (χ1v) is 4.67. The van der Waals surface area contributed by atoms with Crippen LogP contribution in [-0.2, 0) is 0 Å². The lowest BCUT2D eigenvalue weighted by Crippen LogP contribution is -2.31. The van der Waals surface area contributed by atoms with Gasteiger partial charge in [-0.25, -0.2) is 8.78 Å². The molecule has 0 aliphatic heterocycles. The molecule has 0 heterocycles. The summed E-state index contributed by atoms with van der Waals surface area (Å²) in [5.41, 5.74) is 5.01. The van der Waals surface area contributed by atoms with Crippen LogP contribution in [0.4, 0.5) is 8.78 Å². The van der Waals surface area contributed by atoms with E-state index in [0.29, 0.717) is 0 Å². The molecule has 0 radical (unpaired) electrons. The lowest BCUT2D eigenvalue weighted by Gasteiger charge is -2.10. The number of hydrogen-bond acceptors (Lipinski definition) is 2. The Balaban J connectivity index is 3.19. The Labute approximate surface area is 92.5 Å². The second kappa shape index (κ2) is 4.86. The average molecular weight is 223 g/mol. The number of Topliss-reactive ketones (excluding diaryl/α,β-unsaturated/α-hetero) is 1. The van der Waals surface area contributed by atoms with Crippen molar-refractivity contribution in [3.8, 4) is 12.3 Å². The Morgan fingerprint density at radius 1 is 1.56 bits per heavy atom. The average Bonchev–Trinajstić information content (AvgIpc) is 2.24. The number of ketones is 1. The highest BCUT2D eigenvalue weighted by molar-refractivity contribution is 6.00. The van der Waals surface area contributed by atoms with Crippen molar-refractivity contribution < 1.29 is 13.6 Å². The Bertz CT molecular complexity index is 463. The molecule has 84 valence electrons. The van der Waals surface area contributed by atoms with Crippen LogP contribution in [0.2, 0.25) is 0 Å². The van der Waals surface area contributed by atoms with E-state index in [4.69, 9.17) is 12.2 Å². The number of rotatable bonds is 3. The molecule has 1 rings (SSSR count). The van der Waals surface area contributed by atoms with E-state index in [1.807, 2.05) is 0 Å². The Hall–Kier alpha value is -1.73. The van der Waals surface area contributed by atoms with Crippen molar-refractivity contribution in [1.29, 1.82) is 0 Å². The minimum absolute atomic E-state index is 0.0499. The minimum Gasteiger partial charge on any atom is -0.320 e. The highest BCUT2D eigenvalue weighted by atomic mass is 19.1. The molecule has 1 aromatic rings. The number of nitrogens with two attached hydrogens (primary N) is 1. The zero-order valence-electron chi connectivity index (χ0n) is 8.76. The van der Waals surface area contributed by atoms with Crippen LogP contribution >= 0.6 is 0 Å². The third-order valence-corrected chi connectivity index (χ3v) is 2.21. The molecule has 4 heteroatoms. The number of hydrogen-bond donors (Lipinski definition) is 1.